The molecule has 2 aliphatic heterocycles. The topological polar surface area (TPSA) is 81.4 Å². The highest BCUT2D eigenvalue weighted by Crippen LogP contribution is 2.34. The van der Waals surface area contributed by atoms with Crippen LogP contribution in [0.5, 0.6) is 0 Å². The van der Waals surface area contributed by atoms with Crippen molar-refractivity contribution >= 4 is 51.7 Å². The Kier molecular flexibility index (Phi) is 8.59. The molecule has 0 atom stereocenters. The minimum atomic E-state index is -0.195. The van der Waals surface area contributed by atoms with E-state index in [0.29, 0.717) is 52.4 Å². The maximum Gasteiger partial charge on any atom is 0.267 e. The van der Waals surface area contributed by atoms with Gasteiger partial charge in [-0.15, -0.1) is 0 Å². The molecule has 0 bridgehead atoms. The van der Waals surface area contributed by atoms with Crippen molar-refractivity contribution in [3.05, 3.63) is 44.7 Å². The number of unbranched alkanes of at least 4 members (excludes halogenated alkanes) is 3. The summed E-state index contributed by atoms with van der Waals surface area (Å²) in [6.07, 6.45) is 7.71. The number of pyridine rings is 1. The Hall–Kier alpha value is -2.27. The van der Waals surface area contributed by atoms with E-state index in [9.17, 15) is 14.7 Å². The van der Waals surface area contributed by atoms with Gasteiger partial charge in [0.15, 0.2) is 0 Å². The molecule has 4 rings (SSSR count). The minimum absolute atomic E-state index is 0.125. The average molecular weight is 516 g/mol. The lowest BCUT2D eigenvalue weighted by molar-refractivity contribution is -0.122. The smallest absolute Gasteiger partial charge is 0.267 e. The zero-order chi connectivity index (χ0) is 24.9. The molecule has 2 aromatic rings. The lowest BCUT2D eigenvalue weighted by atomic mass is 10.2. The predicted molar refractivity (Wildman–Crippen MR) is 146 cm³/mol. The Bertz CT molecular complexity index is 1190. The third kappa shape index (κ3) is 5.77. The maximum atomic E-state index is 13.7. The van der Waals surface area contributed by atoms with E-state index in [0.717, 1.165) is 44.3 Å². The lowest BCUT2D eigenvalue weighted by Gasteiger charge is -2.35. The number of carbonyl (C=O) groups excluding carboxylic acids is 1. The van der Waals surface area contributed by atoms with Gasteiger partial charge in [-0.05, 0) is 31.1 Å². The zero-order valence-electron chi connectivity index (χ0n) is 20.4. The molecular formula is C25H33N5O3S2. The summed E-state index contributed by atoms with van der Waals surface area (Å²) in [5.74, 6) is 0.458. The van der Waals surface area contributed by atoms with E-state index >= 15 is 0 Å². The molecule has 2 aromatic heterocycles. The van der Waals surface area contributed by atoms with Crippen LogP contribution in [0.15, 0.2) is 28.0 Å². The molecule has 4 heterocycles. The number of thiocarbonyl (C=S) groups is 1. The number of amides is 1. The van der Waals surface area contributed by atoms with Crippen molar-refractivity contribution in [2.45, 2.75) is 39.5 Å². The van der Waals surface area contributed by atoms with Crippen molar-refractivity contribution in [2.75, 3.05) is 50.8 Å². The lowest BCUT2D eigenvalue weighted by Crippen LogP contribution is -2.48. The number of piperazine rings is 1. The normalized spacial score (nSPS) is 18.4. The Morgan fingerprint density at radius 2 is 1.89 bits per heavy atom. The van der Waals surface area contributed by atoms with Gasteiger partial charge in [0, 0.05) is 45.5 Å². The predicted octanol–water partition coefficient (Wildman–Crippen LogP) is 2.90. The van der Waals surface area contributed by atoms with Gasteiger partial charge in [-0.1, -0.05) is 56.2 Å². The Morgan fingerprint density at radius 1 is 1.11 bits per heavy atom. The maximum absolute atomic E-state index is 13.7. The zero-order valence-corrected chi connectivity index (χ0v) is 22.0. The van der Waals surface area contributed by atoms with Gasteiger partial charge >= 0.3 is 0 Å². The number of β-amino-alcohol motifs (C(OH)–C–C–N with tert-alkyl or cyclic N) is 1. The van der Waals surface area contributed by atoms with E-state index in [1.54, 1.807) is 21.6 Å². The monoisotopic (exact) mass is 515 g/mol. The Morgan fingerprint density at radius 3 is 2.60 bits per heavy atom. The van der Waals surface area contributed by atoms with E-state index in [2.05, 4.69) is 16.7 Å². The summed E-state index contributed by atoms with van der Waals surface area (Å²) in [5, 5.41) is 9.26. The second kappa shape index (κ2) is 11.6. The van der Waals surface area contributed by atoms with E-state index in [-0.39, 0.29) is 18.1 Å². The molecule has 0 aromatic carbocycles. The van der Waals surface area contributed by atoms with E-state index in [4.69, 9.17) is 17.2 Å². The van der Waals surface area contributed by atoms with E-state index in [1.165, 1.54) is 11.8 Å². The van der Waals surface area contributed by atoms with Crippen molar-refractivity contribution in [3.8, 4) is 0 Å². The van der Waals surface area contributed by atoms with Gasteiger partial charge in [0.05, 0.1) is 17.1 Å². The Labute approximate surface area is 215 Å². The second-order valence-electron chi connectivity index (χ2n) is 9.04. The number of carbonyl (C=O) groups is 1. The number of fused-ring (bicyclic) bond motifs is 1. The first-order valence-corrected chi connectivity index (χ1v) is 13.5. The van der Waals surface area contributed by atoms with Crippen LogP contribution in [0, 0.1) is 6.92 Å². The summed E-state index contributed by atoms with van der Waals surface area (Å²) in [4.78, 5) is 38.1. The number of aliphatic hydroxyl groups is 1. The number of anilines is 1. The number of rotatable bonds is 9. The summed E-state index contributed by atoms with van der Waals surface area (Å²) in [6.45, 7) is 8.38. The molecule has 1 N–H and O–H groups in total. The Balaban J connectivity index is 1.69. The quantitative estimate of drug-likeness (QED) is 0.310. The number of aryl methyl sites for hydroxylation is 1. The van der Waals surface area contributed by atoms with Crippen LogP contribution >= 0.6 is 24.0 Å². The van der Waals surface area contributed by atoms with Crippen LogP contribution in [0.25, 0.3) is 11.7 Å². The molecule has 1 amide bonds. The van der Waals surface area contributed by atoms with Gasteiger partial charge in [0.25, 0.3) is 11.5 Å². The molecule has 0 radical (unpaired) electrons. The molecule has 35 heavy (non-hydrogen) atoms. The van der Waals surface area contributed by atoms with E-state index in [1.807, 2.05) is 19.1 Å². The molecule has 0 saturated carbocycles. The molecule has 2 aliphatic rings. The third-order valence-corrected chi connectivity index (χ3v) is 7.84. The molecule has 0 spiro atoms. The van der Waals surface area contributed by atoms with Crippen LogP contribution in [-0.4, -0.2) is 80.4 Å². The van der Waals surface area contributed by atoms with Crippen molar-refractivity contribution in [1.29, 1.82) is 0 Å². The number of thioether (sulfide) groups is 1. The van der Waals surface area contributed by atoms with Crippen LogP contribution in [0.4, 0.5) is 5.82 Å². The largest absolute Gasteiger partial charge is 0.395 e. The van der Waals surface area contributed by atoms with Crippen molar-refractivity contribution in [3.63, 3.8) is 0 Å². The third-order valence-electron chi connectivity index (χ3n) is 6.46. The molecule has 188 valence electrons. The summed E-state index contributed by atoms with van der Waals surface area (Å²) < 4.78 is 2.10. The fourth-order valence-corrected chi connectivity index (χ4v) is 5.75. The fraction of sp³-hybridized carbons (Fsp3) is 0.520. The average Bonchev–Trinajstić information content (AvgIpc) is 3.12. The number of aromatic nitrogens is 2. The van der Waals surface area contributed by atoms with Gasteiger partial charge < -0.3 is 10.0 Å². The first kappa shape index (κ1) is 25.8. The molecule has 0 unspecified atom stereocenters. The highest BCUT2D eigenvalue weighted by atomic mass is 32.2. The number of aliphatic hydroxyl groups excluding tert-OH is 1. The molecule has 2 fully saturated rings. The van der Waals surface area contributed by atoms with Crippen LogP contribution in [0.2, 0.25) is 0 Å². The number of hydrogen-bond donors (Lipinski definition) is 1. The van der Waals surface area contributed by atoms with Gasteiger partial charge in [-0.2, -0.15) is 0 Å². The summed E-state index contributed by atoms with van der Waals surface area (Å²) in [5.41, 5.74) is 1.75. The molecule has 10 heteroatoms. The molecule has 0 aliphatic carbocycles. The van der Waals surface area contributed by atoms with Crippen molar-refractivity contribution in [2.24, 2.45) is 0 Å². The summed E-state index contributed by atoms with van der Waals surface area (Å²) >= 11 is 6.76. The SMILES string of the molecule is CCCCCCN1C(=O)/C(=C/c2c(N3CCN(CCO)CC3)nc3ccc(C)cn3c2=O)SC1=S. The number of nitrogens with zero attached hydrogens (tertiary/aromatic N) is 5. The fourth-order valence-electron chi connectivity index (χ4n) is 4.46. The van der Waals surface area contributed by atoms with Crippen LogP contribution < -0.4 is 10.5 Å². The first-order valence-electron chi connectivity index (χ1n) is 12.3. The minimum Gasteiger partial charge on any atom is -0.395 e. The van der Waals surface area contributed by atoms with Crippen molar-refractivity contribution < 1.29 is 9.90 Å². The van der Waals surface area contributed by atoms with Crippen LogP contribution in [0.1, 0.15) is 43.7 Å². The summed E-state index contributed by atoms with van der Waals surface area (Å²) in [6, 6.07) is 3.79. The molecular weight excluding hydrogens is 482 g/mol. The summed E-state index contributed by atoms with van der Waals surface area (Å²) in [7, 11) is 0. The van der Waals surface area contributed by atoms with Gasteiger partial charge in [-0.25, -0.2) is 4.98 Å². The second-order valence-corrected chi connectivity index (χ2v) is 10.7. The standard InChI is InChI=1S/C25H33N5O3S2/c1-3-4-5-6-9-29-24(33)20(35-25(29)34)16-19-22(28-12-10-27(11-13-28)14-15-31)26-21-8-7-18(2)17-30(21)23(19)32/h7-8,16-17,31H,3-6,9-15H2,1-2H3/b20-16-. The number of hydrogen-bond acceptors (Lipinski definition) is 8. The van der Waals surface area contributed by atoms with Crippen LogP contribution in [0.3, 0.4) is 0 Å². The molecule has 8 nitrogen and oxygen atoms in total. The highest BCUT2D eigenvalue weighted by molar-refractivity contribution is 8.26. The van der Waals surface area contributed by atoms with Gasteiger partial charge in [0.2, 0.25) is 0 Å². The van der Waals surface area contributed by atoms with Gasteiger partial charge in [0.1, 0.15) is 15.8 Å². The first-order chi connectivity index (χ1) is 16.9. The van der Waals surface area contributed by atoms with Crippen molar-refractivity contribution in [1.82, 2.24) is 19.2 Å². The van der Waals surface area contributed by atoms with E-state index < -0.39 is 0 Å². The van der Waals surface area contributed by atoms with Gasteiger partial charge in [-0.3, -0.25) is 23.8 Å². The van der Waals surface area contributed by atoms with Crippen LogP contribution in [-0.2, 0) is 4.79 Å². The molecule has 2 saturated heterocycles. The highest BCUT2D eigenvalue weighted by Gasteiger charge is 2.32.